The highest BCUT2D eigenvalue weighted by molar-refractivity contribution is 7.10. The predicted molar refractivity (Wildman–Crippen MR) is 135 cm³/mol. The lowest BCUT2D eigenvalue weighted by atomic mass is 9.89. The average Bonchev–Trinajstić information content (AvgIpc) is 3.32. The average molecular weight is 468 g/mol. The van der Waals surface area contributed by atoms with Crippen molar-refractivity contribution >= 4 is 23.2 Å². The Hall–Kier alpha value is -2.18. The van der Waals surface area contributed by atoms with Crippen LogP contribution in [0, 0.1) is 6.92 Å². The Morgan fingerprint density at radius 1 is 1.00 bits per heavy atom. The lowest BCUT2D eigenvalue weighted by Gasteiger charge is -2.43. The van der Waals surface area contributed by atoms with Gasteiger partial charge >= 0.3 is 0 Å². The van der Waals surface area contributed by atoms with E-state index in [1.54, 1.807) is 0 Å². The molecule has 5 nitrogen and oxygen atoms in total. The van der Waals surface area contributed by atoms with E-state index in [0.29, 0.717) is 32.6 Å². The normalized spacial score (nSPS) is 19.9. The summed E-state index contributed by atoms with van der Waals surface area (Å²) in [6.07, 6.45) is 4.82. The smallest absolute Gasteiger partial charge is 0.239 e. The van der Waals surface area contributed by atoms with Crippen molar-refractivity contribution in [3.8, 4) is 0 Å². The molecule has 1 fully saturated rings. The Kier molecular flexibility index (Phi) is 7.86. The maximum Gasteiger partial charge on any atom is 0.239 e. The molecule has 2 unspecified atom stereocenters. The molecule has 33 heavy (non-hydrogen) atoms. The summed E-state index contributed by atoms with van der Waals surface area (Å²) in [6.45, 7) is 9.84. The van der Waals surface area contributed by atoms with Gasteiger partial charge in [-0.25, -0.2) is 0 Å². The predicted octanol–water partition coefficient (Wildman–Crippen LogP) is 4.64. The van der Waals surface area contributed by atoms with E-state index in [9.17, 15) is 9.59 Å². The van der Waals surface area contributed by atoms with Gasteiger partial charge in [-0.2, -0.15) is 0 Å². The van der Waals surface area contributed by atoms with Crippen molar-refractivity contribution in [1.82, 2.24) is 14.7 Å². The maximum atomic E-state index is 13.6. The molecule has 1 aromatic carbocycles. The van der Waals surface area contributed by atoms with E-state index in [-0.39, 0.29) is 23.9 Å². The third-order valence-corrected chi connectivity index (χ3v) is 8.28. The van der Waals surface area contributed by atoms with Crippen molar-refractivity contribution in [2.24, 2.45) is 0 Å². The zero-order valence-electron chi connectivity index (χ0n) is 20.3. The lowest BCUT2D eigenvalue weighted by molar-refractivity contribution is -0.143. The monoisotopic (exact) mass is 467 g/mol. The summed E-state index contributed by atoms with van der Waals surface area (Å²) >= 11 is 1.83. The SMILES string of the molecule is CCCCCC(=O)N1CCN(C(=O)C(C)N2CCc3sccc3C2c2ccccc2C)CC1. The number of rotatable bonds is 7. The van der Waals surface area contributed by atoms with E-state index in [1.165, 1.54) is 21.6 Å². The van der Waals surface area contributed by atoms with Crippen LogP contribution < -0.4 is 0 Å². The third kappa shape index (κ3) is 5.17. The van der Waals surface area contributed by atoms with Crippen molar-refractivity contribution < 1.29 is 9.59 Å². The quantitative estimate of drug-likeness (QED) is 0.557. The molecule has 0 N–H and O–H groups in total. The number of hydrogen-bond acceptors (Lipinski definition) is 4. The van der Waals surface area contributed by atoms with Crippen LogP contribution in [0.15, 0.2) is 35.7 Å². The first-order valence-corrected chi connectivity index (χ1v) is 13.3. The zero-order chi connectivity index (χ0) is 23.4. The first-order chi connectivity index (χ1) is 16.0. The van der Waals surface area contributed by atoms with Gasteiger partial charge in [0.1, 0.15) is 0 Å². The summed E-state index contributed by atoms with van der Waals surface area (Å²) in [5, 5.41) is 2.18. The van der Waals surface area contributed by atoms with Gasteiger partial charge in [-0.15, -0.1) is 11.3 Å². The minimum Gasteiger partial charge on any atom is -0.339 e. The van der Waals surface area contributed by atoms with Gasteiger partial charge in [-0.05, 0) is 54.8 Å². The zero-order valence-corrected chi connectivity index (χ0v) is 21.1. The standard InChI is InChI=1S/C27H37N3O2S/c1-4-5-6-11-25(31)28-15-17-29(18-16-28)27(32)21(3)30-14-12-24-23(13-19-33-24)26(30)22-10-8-7-9-20(22)2/h7-10,13,19,21,26H,4-6,11-12,14-18H2,1-3H3. The number of unbranched alkanes of at least 4 members (excludes halogenated alkanes) is 2. The van der Waals surface area contributed by atoms with Crippen molar-refractivity contribution in [2.75, 3.05) is 32.7 Å². The Morgan fingerprint density at radius 3 is 2.45 bits per heavy atom. The van der Waals surface area contributed by atoms with Gasteiger partial charge in [0, 0.05) is 44.0 Å². The molecule has 0 saturated carbocycles. The first kappa shape index (κ1) is 24.0. The Labute approximate surface area is 202 Å². The van der Waals surface area contributed by atoms with Gasteiger partial charge < -0.3 is 9.80 Å². The Balaban J connectivity index is 1.45. The molecule has 0 spiro atoms. The van der Waals surface area contributed by atoms with Crippen LogP contribution in [0.25, 0.3) is 0 Å². The van der Waals surface area contributed by atoms with E-state index in [1.807, 2.05) is 21.1 Å². The number of fused-ring (bicyclic) bond motifs is 1. The van der Waals surface area contributed by atoms with Crippen molar-refractivity contribution in [3.05, 3.63) is 57.3 Å². The number of nitrogens with zero attached hydrogens (tertiary/aromatic N) is 3. The molecule has 3 heterocycles. The molecule has 2 atom stereocenters. The highest BCUT2D eigenvalue weighted by atomic mass is 32.1. The fourth-order valence-corrected chi connectivity index (χ4v) is 6.16. The molecule has 2 aliphatic rings. The third-order valence-electron chi connectivity index (χ3n) is 7.28. The van der Waals surface area contributed by atoms with Crippen LogP contribution in [0.3, 0.4) is 0 Å². The molecule has 1 saturated heterocycles. The van der Waals surface area contributed by atoms with Gasteiger partial charge in [0.2, 0.25) is 11.8 Å². The van der Waals surface area contributed by atoms with E-state index in [4.69, 9.17) is 0 Å². The molecule has 2 amide bonds. The summed E-state index contributed by atoms with van der Waals surface area (Å²) in [4.78, 5) is 33.8. The molecular formula is C27H37N3O2S. The van der Waals surface area contributed by atoms with Gasteiger partial charge in [-0.3, -0.25) is 14.5 Å². The number of hydrogen-bond donors (Lipinski definition) is 0. The fourth-order valence-electron chi connectivity index (χ4n) is 5.26. The van der Waals surface area contributed by atoms with Crippen molar-refractivity contribution in [3.63, 3.8) is 0 Å². The minimum absolute atomic E-state index is 0.113. The van der Waals surface area contributed by atoms with E-state index in [2.05, 4.69) is 61.4 Å². The Bertz CT molecular complexity index is 964. The van der Waals surface area contributed by atoms with Crippen LogP contribution in [0.5, 0.6) is 0 Å². The second-order valence-electron chi connectivity index (χ2n) is 9.39. The number of carbonyl (C=O) groups is 2. The maximum absolute atomic E-state index is 13.6. The van der Waals surface area contributed by atoms with Crippen LogP contribution in [-0.2, 0) is 16.0 Å². The largest absolute Gasteiger partial charge is 0.339 e. The van der Waals surface area contributed by atoms with E-state index >= 15 is 0 Å². The van der Waals surface area contributed by atoms with Gasteiger partial charge in [0.25, 0.3) is 0 Å². The van der Waals surface area contributed by atoms with Gasteiger partial charge in [-0.1, -0.05) is 44.0 Å². The summed E-state index contributed by atoms with van der Waals surface area (Å²) in [6, 6.07) is 10.7. The van der Waals surface area contributed by atoms with Crippen LogP contribution >= 0.6 is 11.3 Å². The fraction of sp³-hybridized carbons (Fsp3) is 0.556. The van der Waals surface area contributed by atoms with Crippen LogP contribution in [-0.4, -0.2) is 65.3 Å². The molecule has 6 heteroatoms. The number of thiophene rings is 1. The second kappa shape index (κ2) is 10.8. The second-order valence-corrected chi connectivity index (χ2v) is 10.4. The number of amides is 2. The van der Waals surface area contributed by atoms with Crippen LogP contribution in [0.1, 0.15) is 67.1 Å². The molecule has 1 aromatic heterocycles. The summed E-state index contributed by atoms with van der Waals surface area (Å²) in [5.74, 6) is 0.426. The highest BCUT2D eigenvalue weighted by Gasteiger charge is 2.37. The number of benzene rings is 1. The van der Waals surface area contributed by atoms with Crippen LogP contribution in [0.2, 0.25) is 0 Å². The Morgan fingerprint density at radius 2 is 1.73 bits per heavy atom. The highest BCUT2D eigenvalue weighted by Crippen LogP contribution is 2.40. The topological polar surface area (TPSA) is 43.9 Å². The lowest BCUT2D eigenvalue weighted by Crippen LogP contribution is -2.56. The molecular weight excluding hydrogens is 430 g/mol. The number of carbonyl (C=O) groups excluding carboxylic acids is 2. The van der Waals surface area contributed by atoms with E-state index in [0.717, 1.165) is 32.2 Å². The molecule has 4 rings (SSSR count). The molecule has 0 aliphatic carbocycles. The van der Waals surface area contributed by atoms with Gasteiger partial charge in [0.05, 0.1) is 12.1 Å². The van der Waals surface area contributed by atoms with E-state index < -0.39 is 0 Å². The molecule has 2 aliphatic heterocycles. The molecule has 2 aromatic rings. The summed E-state index contributed by atoms with van der Waals surface area (Å²) in [5.41, 5.74) is 3.91. The van der Waals surface area contributed by atoms with Crippen LogP contribution in [0.4, 0.5) is 0 Å². The molecule has 178 valence electrons. The van der Waals surface area contributed by atoms with Gasteiger partial charge in [0.15, 0.2) is 0 Å². The molecule has 0 radical (unpaired) electrons. The summed E-state index contributed by atoms with van der Waals surface area (Å²) < 4.78 is 0. The number of piperazine rings is 1. The minimum atomic E-state index is -0.200. The van der Waals surface area contributed by atoms with Crippen molar-refractivity contribution in [1.29, 1.82) is 0 Å². The van der Waals surface area contributed by atoms with Crippen molar-refractivity contribution in [2.45, 2.75) is 65.0 Å². The molecule has 0 bridgehead atoms. The summed E-state index contributed by atoms with van der Waals surface area (Å²) in [7, 11) is 0. The first-order valence-electron chi connectivity index (χ1n) is 12.4. The number of aryl methyl sites for hydroxylation is 1.